The number of pyridine rings is 2. The van der Waals surface area contributed by atoms with Crippen molar-refractivity contribution in [3.05, 3.63) is 48.5 Å². The molecule has 5 heterocycles. The Morgan fingerprint density at radius 1 is 1.16 bits per heavy atom. The summed E-state index contributed by atoms with van der Waals surface area (Å²) >= 11 is 1.64. The average Bonchev–Trinajstić information content (AvgIpc) is 3.52. The third-order valence-corrected chi connectivity index (χ3v) is 7.07. The Labute approximate surface area is 182 Å². The van der Waals surface area contributed by atoms with Crippen molar-refractivity contribution in [3.8, 4) is 22.5 Å². The third kappa shape index (κ3) is 3.10. The normalized spacial score (nSPS) is 19.4. The lowest BCUT2D eigenvalue weighted by Gasteiger charge is -2.25. The number of nitrogen functional groups attached to an aromatic ring is 1. The number of nitrogens with zero attached hydrogens (tertiary/aromatic N) is 4. The van der Waals surface area contributed by atoms with E-state index in [0.29, 0.717) is 11.4 Å². The van der Waals surface area contributed by atoms with Gasteiger partial charge in [0.25, 0.3) is 0 Å². The Morgan fingerprint density at radius 3 is 3.00 bits per heavy atom. The highest BCUT2D eigenvalue weighted by atomic mass is 32.1. The molecule has 1 saturated carbocycles. The van der Waals surface area contributed by atoms with Gasteiger partial charge in [-0.3, -0.25) is 9.67 Å². The van der Waals surface area contributed by atoms with Gasteiger partial charge in [-0.25, -0.2) is 4.98 Å². The van der Waals surface area contributed by atoms with Crippen molar-refractivity contribution in [1.82, 2.24) is 19.7 Å². The topological polar surface area (TPSA) is 103 Å². The van der Waals surface area contributed by atoms with Crippen LogP contribution in [0.3, 0.4) is 0 Å². The Bertz CT molecular complexity index is 1400. The largest absolute Gasteiger partial charge is 0.452 e. The molecule has 0 bridgehead atoms. The number of hydrogen-bond donors (Lipinski definition) is 2. The molecular formula is C23H21N5O2S. The number of furan rings is 1. The average molecular weight is 432 g/mol. The van der Waals surface area contributed by atoms with Gasteiger partial charge in [-0.05, 0) is 37.8 Å². The SMILES string of the molecule is Nc1ncc(-c2cnn(C3CCCC(O)C3)c2)c2cc(-c3csc4cnccc34)oc12. The van der Waals surface area contributed by atoms with Crippen LogP contribution in [0, 0.1) is 0 Å². The molecule has 2 atom stereocenters. The van der Waals surface area contributed by atoms with E-state index < -0.39 is 0 Å². The Morgan fingerprint density at radius 2 is 2.10 bits per heavy atom. The highest BCUT2D eigenvalue weighted by Crippen LogP contribution is 2.40. The van der Waals surface area contributed by atoms with E-state index in [9.17, 15) is 5.11 Å². The summed E-state index contributed by atoms with van der Waals surface area (Å²) in [6.45, 7) is 0. The number of aliphatic hydroxyl groups is 1. The molecule has 1 fully saturated rings. The summed E-state index contributed by atoms with van der Waals surface area (Å²) in [6.07, 6.45) is 12.7. The monoisotopic (exact) mass is 431 g/mol. The van der Waals surface area contributed by atoms with Crippen molar-refractivity contribution in [3.63, 3.8) is 0 Å². The van der Waals surface area contributed by atoms with Gasteiger partial charge in [0.2, 0.25) is 0 Å². The minimum atomic E-state index is -0.247. The number of aliphatic hydroxyl groups excluding tert-OH is 1. The smallest absolute Gasteiger partial charge is 0.177 e. The van der Waals surface area contributed by atoms with E-state index in [-0.39, 0.29) is 12.1 Å². The van der Waals surface area contributed by atoms with Crippen LogP contribution in [0.5, 0.6) is 0 Å². The molecule has 6 rings (SSSR count). The maximum absolute atomic E-state index is 10.0. The molecule has 0 amide bonds. The van der Waals surface area contributed by atoms with Crippen LogP contribution in [0.15, 0.2) is 52.9 Å². The minimum Gasteiger partial charge on any atom is -0.452 e. The Kier molecular flexibility index (Phi) is 4.29. The molecule has 1 aliphatic carbocycles. The maximum Gasteiger partial charge on any atom is 0.177 e. The molecule has 0 saturated heterocycles. The lowest BCUT2D eigenvalue weighted by molar-refractivity contribution is 0.100. The summed E-state index contributed by atoms with van der Waals surface area (Å²) in [5.74, 6) is 1.13. The predicted octanol–water partition coefficient (Wildman–Crippen LogP) is 5.03. The van der Waals surface area contributed by atoms with Crippen LogP contribution in [0.2, 0.25) is 0 Å². The molecule has 0 aromatic carbocycles. The standard InChI is InChI=1S/C23H21N5O2S/c24-23-22-17(7-20(30-22)19-12-31-21-10-25-5-4-16(19)21)18(9-26-23)13-8-27-28(11-13)14-2-1-3-15(29)6-14/h4-5,7-12,14-15,29H,1-3,6H2,(H2,24,26). The number of nitrogens with two attached hydrogens (primary N) is 1. The van der Waals surface area contributed by atoms with E-state index in [1.807, 2.05) is 35.4 Å². The van der Waals surface area contributed by atoms with Gasteiger partial charge in [0.05, 0.1) is 23.0 Å². The van der Waals surface area contributed by atoms with Crippen LogP contribution >= 0.6 is 11.3 Å². The zero-order chi connectivity index (χ0) is 20.9. The first-order valence-corrected chi connectivity index (χ1v) is 11.3. The fourth-order valence-corrected chi connectivity index (χ4v) is 5.45. The summed E-state index contributed by atoms with van der Waals surface area (Å²) < 4.78 is 9.27. The van der Waals surface area contributed by atoms with Gasteiger partial charge >= 0.3 is 0 Å². The van der Waals surface area contributed by atoms with Crippen molar-refractivity contribution >= 4 is 38.2 Å². The number of fused-ring (bicyclic) bond motifs is 2. The number of anilines is 1. The van der Waals surface area contributed by atoms with Crippen LogP contribution in [0.1, 0.15) is 31.7 Å². The van der Waals surface area contributed by atoms with Crippen LogP contribution < -0.4 is 5.73 Å². The third-order valence-electron chi connectivity index (χ3n) is 6.14. The van der Waals surface area contributed by atoms with Gasteiger partial charge in [-0.1, -0.05) is 0 Å². The molecular weight excluding hydrogens is 410 g/mol. The second-order valence-electron chi connectivity index (χ2n) is 8.12. The molecule has 31 heavy (non-hydrogen) atoms. The van der Waals surface area contributed by atoms with Gasteiger partial charge in [-0.2, -0.15) is 5.10 Å². The van der Waals surface area contributed by atoms with Crippen molar-refractivity contribution in [2.45, 2.75) is 37.8 Å². The van der Waals surface area contributed by atoms with E-state index in [1.165, 1.54) is 0 Å². The first-order chi connectivity index (χ1) is 15.2. The summed E-state index contributed by atoms with van der Waals surface area (Å²) in [7, 11) is 0. The van der Waals surface area contributed by atoms with Gasteiger partial charge in [0.1, 0.15) is 5.76 Å². The molecule has 156 valence electrons. The Balaban J connectivity index is 1.44. The van der Waals surface area contributed by atoms with E-state index in [1.54, 1.807) is 23.7 Å². The second-order valence-corrected chi connectivity index (χ2v) is 9.03. The highest BCUT2D eigenvalue weighted by Gasteiger charge is 2.23. The molecule has 0 radical (unpaired) electrons. The van der Waals surface area contributed by atoms with Gasteiger partial charge in [0, 0.05) is 57.6 Å². The van der Waals surface area contributed by atoms with Crippen molar-refractivity contribution in [1.29, 1.82) is 0 Å². The molecule has 0 aliphatic heterocycles. The maximum atomic E-state index is 10.0. The molecule has 7 nitrogen and oxygen atoms in total. The molecule has 3 N–H and O–H groups in total. The number of hydrogen-bond acceptors (Lipinski definition) is 7. The van der Waals surface area contributed by atoms with Crippen molar-refractivity contribution < 1.29 is 9.52 Å². The first-order valence-electron chi connectivity index (χ1n) is 10.4. The fourth-order valence-electron chi connectivity index (χ4n) is 4.54. The van der Waals surface area contributed by atoms with E-state index in [2.05, 4.69) is 20.4 Å². The van der Waals surface area contributed by atoms with Gasteiger partial charge in [0.15, 0.2) is 11.4 Å². The van der Waals surface area contributed by atoms with E-state index in [4.69, 9.17) is 10.2 Å². The zero-order valence-electron chi connectivity index (χ0n) is 16.7. The van der Waals surface area contributed by atoms with Crippen molar-refractivity contribution in [2.75, 3.05) is 5.73 Å². The molecule has 8 heteroatoms. The van der Waals surface area contributed by atoms with Crippen LogP contribution in [-0.2, 0) is 0 Å². The quantitative estimate of drug-likeness (QED) is 0.415. The molecule has 1 aliphatic rings. The van der Waals surface area contributed by atoms with E-state index in [0.717, 1.165) is 63.6 Å². The van der Waals surface area contributed by atoms with Crippen LogP contribution in [0.4, 0.5) is 5.82 Å². The number of thiophene rings is 1. The number of aromatic nitrogens is 4. The molecule has 5 aromatic heterocycles. The van der Waals surface area contributed by atoms with Crippen molar-refractivity contribution in [2.24, 2.45) is 0 Å². The van der Waals surface area contributed by atoms with Gasteiger partial charge in [-0.15, -0.1) is 11.3 Å². The zero-order valence-corrected chi connectivity index (χ0v) is 17.5. The summed E-state index contributed by atoms with van der Waals surface area (Å²) in [6, 6.07) is 4.26. The lowest BCUT2D eigenvalue weighted by Crippen LogP contribution is -2.22. The fraction of sp³-hybridized carbons (Fsp3) is 0.261. The predicted molar refractivity (Wildman–Crippen MR) is 122 cm³/mol. The Hall–Kier alpha value is -3.23. The summed E-state index contributed by atoms with van der Waals surface area (Å²) in [5, 5.41) is 18.7. The second kappa shape index (κ2) is 7.18. The van der Waals surface area contributed by atoms with Crippen LogP contribution in [0.25, 0.3) is 43.5 Å². The number of rotatable bonds is 3. The van der Waals surface area contributed by atoms with Gasteiger partial charge < -0.3 is 15.3 Å². The molecule has 2 unspecified atom stereocenters. The highest BCUT2D eigenvalue weighted by molar-refractivity contribution is 7.17. The first kappa shape index (κ1) is 18.5. The molecule has 5 aromatic rings. The van der Waals surface area contributed by atoms with E-state index >= 15 is 0 Å². The van der Waals surface area contributed by atoms with Crippen LogP contribution in [-0.4, -0.2) is 31.0 Å². The minimum absolute atomic E-state index is 0.223. The lowest BCUT2D eigenvalue weighted by atomic mass is 9.93. The summed E-state index contributed by atoms with van der Waals surface area (Å²) in [4.78, 5) is 8.57. The molecule has 0 spiro atoms. The summed E-state index contributed by atoms with van der Waals surface area (Å²) in [5.41, 5.74) is 9.66.